The molecular formula is C16H22N4O5S. The Labute approximate surface area is 151 Å². The van der Waals surface area contributed by atoms with Crippen LogP contribution in [0.15, 0.2) is 15.1 Å². The lowest BCUT2D eigenvalue weighted by Gasteiger charge is -2.22. The molecule has 0 radical (unpaired) electrons. The summed E-state index contributed by atoms with van der Waals surface area (Å²) in [5.41, 5.74) is 0.914. The molecule has 1 saturated heterocycles. The first-order valence-corrected chi connectivity index (χ1v) is 10.6. The van der Waals surface area contributed by atoms with Crippen molar-refractivity contribution in [1.29, 1.82) is 0 Å². The van der Waals surface area contributed by atoms with E-state index in [9.17, 15) is 8.42 Å². The number of sulfonamides is 1. The lowest BCUT2D eigenvalue weighted by Crippen LogP contribution is -2.36. The molecule has 1 saturated carbocycles. The smallest absolute Gasteiger partial charge is 0.255 e. The van der Waals surface area contributed by atoms with Crippen molar-refractivity contribution in [1.82, 2.24) is 19.6 Å². The van der Waals surface area contributed by atoms with Crippen LogP contribution >= 0.6 is 0 Å². The van der Waals surface area contributed by atoms with Crippen LogP contribution in [0.25, 0.3) is 0 Å². The van der Waals surface area contributed by atoms with Crippen molar-refractivity contribution in [3.05, 3.63) is 29.2 Å². The van der Waals surface area contributed by atoms with Crippen LogP contribution in [0.4, 0.5) is 0 Å². The van der Waals surface area contributed by atoms with Gasteiger partial charge in [-0.25, -0.2) is 8.42 Å². The third-order valence-electron chi connectivity index (χ3n) is 4.71. The lowest BCUT2D eigenvalue weighted by molar-refractivity contribution is 0.0166. The van der Waals surface area contributed by atoms with Crippen molar-refractivity contribution in [2.45, 2.75) is 57.3 Å². The van der Waals surface area contributed by atoms with Crippen LogP contribution in [0.2, 0.25) is 0 Å². The fourth-order valence-corrected chi connectivity index (χ4v) is 3.96. The van der Waals surface area contributed by atoms with Crippen LogP contribution in [0.1, 0.15) is 60.9 Å². The minimum Gasteiger partial charge on any atom is -0.364 e. The Morgan fingerprint density at radius 2 is 2.00 bits per heavy atom. The van der Waals surface area contributed by atoms with Crippen molar-refractivity contribution in [3.8, 4) is 0 Å². The van der Waals surface area contributed by atoms with Crippen molar-refractivity contribution < 1.29 is 22.2 Å². The van der Waals surface area contributed by atoms with E-state index in [4.69, 9.17) is 13.8 Å². The zero-order chi connectivity index (χ0) is 18.3. The van der Waals surface area contributed by atoms with E-state index in [1.807, 2.05) is 6.07 Å². The van der Waals surface area contributed by atoms with Crippen LogP contribution in [0.5, 0.6) is 0 Å². The number of aromatic nitrogens is 3. The summed E-state index contributed by atoms with van der Waals surface area (Å²) < 4.78 is 42.2. The van der Waals surface area contributed by atoms with Gasteiger partial charge in [-0.05, 0) is 32.6 Å². The average Bonchev–Trinajstić information content (AvgIpc) is 2.97. The first-order valence-electron chi connectivity index (χ1n) is 8.75. The molecule has 2 atom stereocenters. The minimum atomic E-state index is -3.41. The number of aryl methyl sites for hydroxylation is 1. The number of rotatable bonds is 7. The third kappa shape index (κ3) is 3.97. The maximum Gasteiger partial charge on any atom is 0.255 e. The normalized spacial score (nSPS) is 23.8. The van der Waals surface area contributed by atoms with Gasteiger partial charge in [0.05, 0.1) is 24.6 Å². The van der Waals surface area contributed by atoms with Gasteiger partial charge in [0, 0.05) is 18.5 Å². The number of hydrogen-bond acceptors (Lipinski definition) is 8. The monoisotopic (exact) mass is 382 g/mol. The first kappa shape index (κ1) is 17.6. The second-order valence-corrected chi connectivity index (χ2v) is 9.03. The Morgan fingerprint density at radius 3 is 2.65 bits per heavy atom. The molecule has 2 fully saturated rings. The Morgan fingerprint density at radius 1 is 1.19 bits per heavy atom. The third-order valence-corrected chi connectivity index (χ3v) is 5.92. The Balaban J connectivity index is 1.40. The molecular weight excluding hydrogens is 360 g/mol. The van der Waals surface area contributed by atoms with Crippen molar-refractivity contribution in [2.75, 3.05) is 12.8 Å². The van der Waals surface area contributed by atoms with E-state index < -0.39 is 10.0 Å². The molecule has 3 heterocycles. The fraction of sp³-hybridized carbons (Fsp3) is 0.688. The molecule has 0 spiro atoms. The van der Waals surface area contributed by atoms with Gasteiger partial charge in [0.1, 0.15) is 6.10 Å². The molecule has 2 aromatic rings. The molecule has 2 aliphatic rings. The van der Waals surface area contributed by atoms with Crippen molar-refractivity contribution in [3.63, 3.8) is 0 Å². The van der Waals surface area contributed by atoms with Crippen LogP contribution < -0.4 is 0 Å². The molecule has 0 bridgehead atoms. The SMILES string of the molecule is Cc1noc([C@@H]2CC[C@H](CN(Cc3cc(C4CC4)no3)S(C)(=O)=O)O2)n1. The predicted octanol–water partition coefficient (Wildman–Crippen LogP) is 1.93. The standard InChI is InChI=1S/C16H22N4O5S/c1-10-17-16(25-18-10)15-6-5-12(23-15)8-20(26(2,21)22)9-13-7-14(19-24-13)11-3-4-11/h7,11-12,15H,3-6,8-9H2,1-2H3/t12-,15+/m1/s1. The molecule has 0 unspecified atom stereocenters. The second-order valence-electron chi connectivity index (χ2n) is 7.05. The van der Waals surface area contributed by atoms with E-state index in [2.05, 4.69) is 15.3 Å². The van der Waals surface area contributed by atoms with Crippen LogP contribution in [-0.4, -0.2) is 46.9 Å². The van der Waals surface area contributed by atoms with Crippen molar-refractivity contribution >= 4 is 10.0 Å². The Kier molecular flexibility index (Phi) is 4.57. The molecule has 10 heteroatoms. The Bertz CT molecular complexity index is 873. The van der Waals surface area contributed by atoms with E-state index in [-0.39, 0.29) is 25.3 Å². The molecule has 142 valence electrons. The lowest BCUT2D eigenvalue weighted by atomic mass is 10.2. The maximum atomic E-state index is 12.2. The highest BCUT2D eigenvalue weighted by atomic mass is 32.2. The molecule has 1 aliphatic carbocycles. The van der Waals surface area contributed by atoms with Gasteiger partial charge in [0.2, 0.25) is 10.0 Å². The molecule has 0 aromatic carbocycles. The largest absolute Gasteiger partial charge is 0.364 e. The predicted molar refractivity (Wildman–Crippen MR) is 89.6 cm³/mol. The van der Waals surface area contributed by atoms with Gasteiger partial charge in [-0.1, -0.05) is 10.3 Å². The average molecular weight is 382 g/mol. The zero-order valence-electron chi connectivity index (χ0n) is 14.8. The fourth-order valence-electron chi connectivity index (χ4n) is 3.16. The molecule has 4 rings (SSSR count). The first-order chi connectivity index (χ1) is 12.4. The summed E-state index contributed by atoms with van der Waals surface area (Å²) in [6.07, 6.45) is 4.36. The molecule has 26 heavy (non-hydrogen) atoms. The number of nitrogens with zero attached hydrogens (tertiary/aromatic N) is 4. The van der Waals surface area contributed by atoms with Crippen LogP contribution in [-0.2, 0) is 21.3 Å². The van der Waals surface area contributed by atoms with E-state index in [0.717, 1.165) is 31.4 Å². The molecule has 9 nitrogen and oxygen atoms in total. The molecule has 1 aliphatic heterocycles. The topological polar surface area (TPSA) is 112 Å². The van der Waals surface area contributed by atoms with E-state index >= 15 is 0 Å². The highest BCUT2D eigenvalue weighted by Gasteiger charge is 2.34. The van der Waals surface area contributed by atoms with Gasteiger partial charge >= 0.3 is 0 Å². The van der Waals surface area contributed by atoms with Crippen LogP contribution in [0, 0.1) is 6.92 Å². The van der Waals surface area contributed by atoms with Gasteiger partial charge in [-0.3, -0.25) is 0 Å². The summed E-state index contributed by atoms with van der Waals surface area (Å²) >= 11 is 0. The van der Waals surface area contributed by atoms with Crippen LogP contribution in [0.3, 0.4) is 0 Å². The molecule has 0 N–H and O–H groups in total. The second kappa shape index (κ2) is 6.75. The summed E-state index contributed by atoms with van der Waals surface area (Å²) in [5, 5.41) is 7.82. The quantitative estimate of drug-likeness (QED) is 0.714. The van der Waals surface area contributed by atoms with Crippen molar-refractivity contribution in [2.24, 2.45) is 0 Å². The van der Waals surface area contributed by atoms with E-state index in [1.54, 1.807) is 6.92 Å². The van der Waals surface area contributed by atoms with E-state index in [0.29, 0.717) is 23.4 Å². The van der Waals surface area contributed by atoms with Gasteiger partial charge in [-0.2, -0.15) is 9.29 Å². The minimum absolute atomic E-state index is 0.156. The maximum absolute atomic E-state index is 12.2. The molecule has 2 aromatic heterocycles. The van der Waals surface area contributed by atoms with Gasteiger partial charge in [0.15, 0.2) is 11.6 Å². The summed E-state index contributed by atoms with van der Waals surface area (Å²) in [7, 11) is -3.41. The highest BCUT2D eigenvalue weighted by Crippen LogP contribution is 2.39. The number of ether oxygens (including phenoxy) is 1. The van der Waals surface area contributed by atoms with E-state index in [1.165, 1.54) is 10.6 Å². The van der Waals surface area contributed by atoms with Gasteiger partial charge in [0.25, 0.3) is 5.89 Å². The summed E-state index contributed by atoms with van der Waals surface area (Å²) in [6, 6.07) is 1.86. The van der Waals surface area contributed by atoms with Gasteiger partial charge in [-0.15, -0.1) is 0 Å². The number of hydrogen-bond donors (Lipinski definition) is 0. The summed E-state index contributed by atoms with van der Waals surface area (Å²) in [5.74, 6) is 2.03. The Hall–Kier alpha value is -1.78. The summed E-state index contributed by atoms with van der Waals surface area (Å²) in [4.78, 5) is 4.19. The van der Waals surface area contributed by atoms with Gasteiger partial charge < -0.3 is 13.8 Å². The molecule has 0 amide bonds. The summed E-state index contributed by atoms with van der Waals surface area (Å²) in [6.45, 7) is 2.16. The highest BCUT2D eigenvalue weighted by molar-refractivity contribution is 7.88. The zero-order valence-corrected chi connectivity index (χ0v) is 15.6.